The minimum absolute atomic E-state index is 0.160. The summed E-state index contributed by atoms with van der Waals surface area (Å²) in [4.78, 5) is 31.8. The fraction of sp³-hybridized carbons (Fsp3) is 0.227. The molecular formula is C22H24N4O3S. The number of nitrogens with one attached hydrogen (secondary N) is 3. The zero-order valence-electron chi connectivity index (χ0n) is 16.5. The van der Waals surface area contributed by atoms with Crippen LogP contribution in [0.5, 0.6) is 0 Å². The Bertz CT molecular complexity index is 964. The summed E-state index contributed by atoms with van der Waals surface area (Å²) in [6, 6.07) is 15.7. The zero-order chi connectivity index (χ0) is 21.3. The lowest BCUT2D eigenvalue weighted by Gasteiger charge is -2.22. The van der Waals surface area contributed by atoms with Crippen LogP contribution in [0.15, 0.2) is 67.1 Å². The van der Waals surface area contributed by atoms with E-state index in [-0.39, 0.29) is 11.8 Å². The number of imidazole rings is 1. The molecule has 0 saturated carbocycles. The Morgan fingerprint density at radius 2 is 1.87 bits per heavy atom. The number of benzene rings is 2. The van der Waals surface area contributed by atoms with Gasteiger partial charge in [-0.25, -0.2) is 9.78 Å². The number of aromatic nitrogens is 2. The van der Waals surface area contributed by atoms with Crippen molar-refractivity contribution in [3.63, 3.8) is 0 Å². The van der Waals surface area contributed by atoms with Gasteiger partial charge in [0.2, 0.25) is 0 Å². The van der Waals surface area contributed by atoms with Gasteiger partial charge in [-0.05, 0) is 23.4 Å². The molecule has 7 nitrogen and oxygen atoms in total. The number of rotatable bonds is 10. The van der Waals surface area contributed by atoms with Crippen LogP contribution in [0.25, 0.3) is 11.1 Å². The number of carbonyl (C=O) groups excluding carboxylic acids is 1. The summed E-state index contributed by atoms with van der Waals surface area (Å²) in [5, 5.41) is 15.5. The molecule has 1 amide bonds. The third-order valence-corrected chi connectivity index (χ3v) is 5.59. The van der Waals surface area contributed by atoms with Gasteiger partial charge in [-0.3, -0.25) is 10.1 Å². The Balaban J connectivity index is 1.71. The van der Waals surface area contributed by atoms with Crippen LogP contribution < -0.4 is 10.6 Å². The highest BCUT2D eigenvalue weighted by molar-refractivity contribution is 7.99. The van der Waals surface area contributed by atoms with Crippen molar-refractivity contribution < 1.29 is 14.7 Å². The van der Waals surface area contributed by atoms with Crippen molar-refractivity contribution in [2.24, 2.45) is 0 Å². The van der Waals surface area contributed by atoms with Gasteiger partial charge in [0.25, 0.3) is 5.91 Å². The number of aromatic amines is 1. The smallest absolute Gasteiger partial charge is 0.326 e. The normalized spacial score (nSPS) is 12.8. The fourth-order valence-electron chi connectivity index (χ4n) is 3.09. The van der Waals surface area contributed by atoms with Gasteiger partial charge in [0.15, 0.2) is 0 Å². The van der Waals surface area contributed by atoms with Crippen LogP contribution in [0.1, 0.15) is 22.5 Å². The first-order valence-electron chi connectivity index (χ1n) is 9.50. The molecule has 0 radical (unpaired) electrons. The summed E-state index contributed by atoms with van der Waals surface area (Å²) in [5.41, 5.74) is 2.94. The van der Waals surface area contributed by atoms with Crippen molar-refractivity contribution in [1.29, 1.82) is 0 Å². The van der Waals surface area contributed by atoms with E-state index in [9.17, 15) is 14.7 Å². The minimum atomic E-state index is -1.07. The van der Waals surface area contributed by atoms with E-state index >= 15 is 0 Å². The molecule has 8 heteroatoms. The first-order valence-corrected chi connectivity index (χ1v) is 10.8. The summed E-state index contributed by atoms with van der Waals surface area (Å²) < 4.78 is 0. The average Bonchev–Trinajstić information content (AvgIpc) is 3.30. The second-order valence-electron chi connectivity index (χ2n) is 6.68. The van der Waals surface area contributed by atoms with E-state index in [1.54, 1.807) is 24.7 Å². The summed E-state index contributed by atoms with van der Waals surface area (Å²) in [5.74, 6) is -1.48. The predicted octanol–water partition coefficient (Wildman–Crippen LogP) is 3.13. The monoisotopic (exact) mass is 424 g/mol. The second-order valence-corrected chi connectivity index (χ2v) is 7.72. The number of hydrogen-bond acceptors (Lipinski definition) is 5. The molecule has 4 N–H and O–H groups in total. The number of nitrogens with zero attached hydrogens (tertiary/aromatic N) is 1. The molecule has 0 aliphatic heterocycles. The van der Waals surface area contributed by atoms with Gasteiger partial charge in [0.1, 0.15) is 6.04 Å². The first-order chi connectivity index (χ1) is 14.6. The van der Waals surface area contributed by atoms with Crippen LogP contribution in [-0.4, -0.2) is 44.6 Å². The SMILES string of the molecule is CSC(CC(NC(=O)c1ccccc1-c1ccccc1)C(=O)O)NCc1c[nH]cn1. The third-order valence-electron chi connectivity index (χ3n) is 4.66. The maximum absolute atomic E-state index is 13.0. The van der Waals surface area contributed by atoms with E-state index in [1.165, 1.54) is 11.8 Å². The van der Waals surface area contributed by atoms with Crippen LogP contribution >= 0.6 is 11.8 Å². The Morgan fingerprint density at radius 3 is 2.53 bits per heavy atom. The molecule has 3 aromatic rings. The predicted molar refractivity (Wildman–Crippen MR) is 118 cm³/mol. The van der Waals surface area contributed by atoms with E-state index in [0.29, 0.717) is 12.1 Å². The Morgan fingerprint density at radius 1 is 1.13 bits per heavy atom. The van der Waals surface area contributed by atoms with Gasteiger partial charge in [-0.15, -0.1) is 11.8 Å². The maximum Gasteiger partial charge on any atom is 0.326 e. The summed E-state index contributed by atoms with van der Waals surface area (Å²) >= 11 is 1.50. The molecule has 1 heterocycles. The molecule has 2 atom stereocenters. The molecule has 2 aromatic carbocycles. The summed E-state index contributed by atoms with van der Waals surface area (Å²) in [7, 11) is 0. The van der Waals surface area contributed by atoms with Gasteiger partial charge in [0, 0.05) is 24.7 Å². The summed E-state index contributed by atoms with van der Waals surface area (Å²) in [6.45, 7) is 0.506. The van der Waals surface area contributed by atoms with Gasteiger partial charge >= 0.3 is 5.97 Å². The van der Waals surface area contributed by atoms with Crippen molar-refractivity contribution in [3.8, 4) is 11.1 Å². The number of carbonyl (C=O) groups is 2. The Kier molecular flexibility index (Phi) is 7.64. The molecule has 156 valence electrons. The van der Waals surface area contributed by atoms with Crippen LogP contribution in [0.3, 0.4) is 0 Å². The maximum atomic E-state index is 13.0. The van der Waals surface area contributed by atoms with Crippen LogP contribution in [0, 0.1) is 0 Å². The number of thioether (sulfide) groups is 1. The second kappa shape index (κ2) is 10.6. The molecule has 1 aromatic heterocycles. The number of carboxylic acids is 1. The lowest BCUT2D eigenvalue weighted by atomic mass is 9.99. The minimum Gasteiger partial charge on any atom is -0.480 e. The van der Waals surface area contributed by atoms with Gasteiger partial charge < -0.3 is 15.4 Å². The molecule has 0 bridgehead atoms. The third kappa shape index (κ3) is 5.71. The molecule has 0 saturated heterocycles. The van der Waals surface area contributed by atoms with Crippen LogP contribution in [0.4, 0.5) is 0 Å². The molecule has 0 aliphatic carbocycles. The zero-order valence-corrected chi connectivity index (χ0v) is 17.4. The Labute approximate surface area is 179 Å². The van der Waals surface area contributed by atoms with Gasteiger partial charge in [-0.1, -0.05) is 48.5 Å². The van der Waals surface area contributed by atoms with Crippen molar-refractivity contribution in [2.45, 2.75) is 24.4 Å². The Hall–Kier alpha value is -3.10. The highest BCUT2D eigenvalue weighted by Crippen LogP contribution is 2.23. The highest BCUT2D eigenvalue weighted by atomic mass is 32.2. The number of carboxylic acid groups (broad SMARTS) is 1. The largest absolute Gasteiger partial charge is 0.480 e. The standard InChI is InChI=1S/C22H24N4O3S/c1-30-20(24-13-16-12-23-14-25-16)11-19(22(28)29)26-21(27)18-10-6-5-9-17(18)15-7-3-2-4-8-15/h2-10,12,14,19-20,24H,11,13H2,1H3,(H,23,25)(H,26,27)(H,28,29). The van der Waals surface area contributed by atoms with E-state index in [0.717, 1.165) is 16.8 Å². The molecule has 0 fully saturated rings. The van der Waals surface area contributed by atoms with Crippen molar-refractivity contribution >= 4 is 23.6 Å². The molecule has 0 aliphatic rings. The number of aliphatic carboxylic acids is 1. The quantitative estimate of drug-likeness (QED) is 0.373. The first kappa shape index (κ1) is 21.6. The lowest BCUT2D eigenvalue weighted by Crippen LogP contribution is -2.44. The number of H-pyrrole nitrogens is 1. The molecule has 3 rings (SSSR count). The van der Waals surface area contributed by atoms with Crippen molar-refractivity contribution in [2.75, 3.05) is 6.26 Å². The van der Waals surface area contributed by atoms with E-state index in [2.05, 4.69) is 20.6 Å². The molecular weight excluding hydrogens is 400 g/mol. The molecule has 2 unspecified atom stereocenters. The number of amides is 1. The van der Waals surface area contributed by atoms with Gasteiger partial charge in [0.05, 0.1) is 17.4 Å². The van der Waals surface area contributed by atoms with E-state index < -0.39 is 17.9 Å². The van der Waals surface area contributed by atoms with Gasteiger partial charge in [-0.2, -0.15) is 0 Å². The molecule has 30 heavy (non-hydrogen) atoms. The van der Waals surface area contributed by atoms with E-state index in [4.69, 9.17) is 0 Å². The average molecular weight is 425 g/mol. The highest BCUT2D eigenvalue weighted by Gasteiger charge is 2.25. The lowest BCUT2D eigenvalue weighted by molar-refractivity contribution is -0.139. The molecule has 0 spiro atoms. The van der Waals surface area contributed by atoms with Crippen LogP contribution in [0.2, 0.25) is 0 Å². The van der Waals surface area contributed by atoms with Crippen LogP contribution in [-0.2, 0) is 11.3 Å². The number of hydrogen-bond donors (Lipinski definition) is 4. The topological polar surface area (TPSA) is 107 Å². The van der Waals surface area contributed by atoms with Crippen molar-refractivity contribution in [1.82, 2.24) is 20.6 Å². The van der Waals surface area contributed by atoms with E-state index in [1.807, 2.05) is 48.7 Å². The van der Waals surface area contributed by atoms with Crippen molar-refractivity contribution in [3.05, 3.63) is 78.4 Å². The fourth-order valence-corrected chi connectivity index (χ4v) is 3.73. The summed E-state index contributed by atoms with van der Waals surface area (Å²) in [6.07, 6.45) is 5.50.